The van der Waals surface area contributed by atoms with Gasteiger partial charge >= 0.3 is 0 Å². The van der Waals surface area contributed by atoms with E-state index in [0.717, 1.165) is 5.56 Å². The second kappa shape index (κ2) is 13.5. The smallest absolute Gasteiger partial charge is 0.254 e. The monoisotopic (exact) mass is 521 g/mol. The molecule has 10 heteroatoms. The van der Waals surface area contributed by atoms with Crippen molar-refractivity contribution in [2.24, 2.45) is 0 Å². The van der Waals surface area contributed by atoms with Crippen LogP contribution in [-0.2, 0) is 16.1 Å². The molecule has 0 aliphatic rings. The van der Waals surface area contributed by atoms with Crippen LogP contribution in [0.2, 0.25) is 0 Å². The lowest BCUT2D eigenvalue weighted by Gasteiger charge is -2.23. The molecule has 0 heterocycles. The average Bonchev–Trinajstić information content (AvgIpc) is 2.95. The number of carbonyl (C=O) groups is 3. The van der Waals surface area contributed by atoms with Gasteiger partial charge < -0.3 is 34.5 Å². The first kappa shape index (κ1) is 27.9. The van der Waals surface area contributed by atoms with Crippen LogP contribution in [0.5, 0.6) is 23.0 Å². The van der Waals surface area contributed by atoms with Crippen LogP contribution in [-0.4, -0.2) is 64.2 Å². The first-order valence-electron chi connectivity index (χ1n) is 11.7. The molecule has 0 radical (unpaired) electrons. The fraction of sp³-hybridized carbons (Fsp3) is 0.250. The normalized spacial score (nSPS) is 10.2. The number of amides is 3. The van der Waals surface area contributed by atoms with Crippen LogP contribution >= 0.6 is 0 Å². The van der Waals surface area contributed by atoms with E-state index in [-0.39, 0.29) is 25.2 Å². The number of carbonyl (C=O) groups excluding carboxylic acids is 3. The minimum Gasteiger partial charge on any atom is -0.497 e. The summed E-state index contributed by atoms with van der Waals surface area (Å²) in [4.78, 5) is 40.1. The number of rotatable bonds is 12. The van der Waals surface area contributed by atoms with Crippen LogP contribution in [0.1, 0.15) is 15.9 Å². The van der Waals surface area contributed by atoms with Crippen LogP contribution in [0.3, 0.4) is 0 Å². The molecule has 0 bridgehead atoms. The highest BCUT2D eigenvalue weighted by molar-refractivity contribution is 5.99. The Bertz CT molecular complexity index is 1220. The number of benzene rings is 3. The van der Waals surface area contributed by atoms with Crippen molar-refractivity contribution in [1.29, 1.82) is 0 Å². The maximum absolute atomic E-state index is 13.6. The highest BCUT2D eigenvalue weighted by Crippen LogP contribution is 2.38. The molecule has 0 saturated heterocycles. The van der Waals surface area contributed by atoms with Crippen molar-refractivity contribution in [2.45, 2.75) is 6.54 Å². The Labute approximate surface area is 221 Å². The van der Waals surface area contributed by atoms with Crippen molar-refractivity contribution in [3.63, 3.8) is 0 Å². The molecule has 0 aliphatic heterocycles. The minimum absolute atomic E-state index is 0.168. The molecule has 3 amide bonds. The summed E-state index contributed by atoms with van der Waals surface area (Å²) in [6, 6.07) is 19.1. The highest BCUT2D eigenvalue weighted by atomic mass is 16.5. The largest absolute Gasteiger partial charge is 0.497 e. The molecule has 0 fully saturated rings. The number of hydrogen-bond acceptors (Lipinski definition) is 7. The zero-order valence-corrected chi connectivity index (χ0v) is 21.8. The Balaban J connectivity index is 1.73. The van der Waals surface area contributed by atoms with Crippen molar-refractivity contribution < 1.29 is 33.3 Å². The van der Waals surface area contributed by atoms with Crippen LogP contribution in [0.25, 0.3) is 0 Å². The van der Waals surface area contributed by atoms with Gasteiger partial charge in [-0.1, -0.05) is 30.3 Å². The third-order valence-electron chi connectivity index (χ3n) is 5.57. The van der Waals surface area contributed by atoms with Gasteiger partial charge in [-0.25, -0.2) is 0 Å². The molecule has 2 N–H and O–H groups in total. The van der Waals surface area contributed by atoms with Gasteiger partial charge in [0.05, 0.1) is 35.0 Å². The van der Waals surface area contributed by atoms with E-state index in [4.69, 9.17) is 18.9 Å². The Morgan fingerprint density at radius 1 is 0.763 bits per heavy atom. The molecule has 0 spiro atoms. The molecule has 0 unspecified atom stereocenters. The van der Waals surface area contributed by atoms with E-state index in [1.807, 2.05) is 30.3 Å². The lowest BCUT2D eigenvalue weighted by molar-refractivity contribution is -0.124. The summed E-state index contributed by atoms with van der Waals surface area (Å²) in [5.41, 5.74) is 1.65. The molecule has 0 aliphatic carbocycles. The molecule has 0 atom stereocenters. The minimum atomic E-state index is -0.494. The molecule has 3 aromatic carbocycles. The van der Waals surface area contributed by atoms with E-state index in [1.165, 1.54) is 38.4 Å². The zero-order chi connectivity index (χ0) is 27.5. The number of methoxy groups -OCH3 is 4. The Morgan fingerprint density at radius 3 is 1.95 bits per heavy atom. The van der Waals surface area contributed by atoms with E-state index >= 15 is 0 Å². The van der Waals surface area contributed by atoms with Gasteiger partial charge in [0.1, 0.15) is 12.3 Å². The molecular formula is C28H31N3O7. The van der Waals surface area contributed by atoms with Crippen molar-refractivity contribution in [2.75, 3.05) is 46.8 Å². The van der Waals surface area contributed by atoms with E-state index in [1.54, 1.807) is 31.4 Å². The van der Waals surface area contributed by atoms with Crippen molar-refractivity contribution >= 4 is 23.4 Å². The van der Waals surface area contributed by atoms with Crippen molar-refractivity contribution in [1.82, 2.24) is 10.2 Å². The van der Waals surface area contributed by atoms with Crippen LogP contribution < -0.4 is 29.6 Å². The van der Waals surface area contributed by atoms with E-state index in [2.05, 4.69) is 10.6 Å². The molecular weight excluding hydrogens is 490 g/mol. The third-order valence-corrected chi connectivity index (χ3v) is 5.57. The van der Waals surface area contributed by atoms with Gasteiger partial charge in [0.2, 0.25) is 17.6 Å². The maximum Gasteiger partial charge on any atom is 0.254 e. The van der Waals surface area contributed by atoms with E-state index in [0.29, 0.717) is 28.7 Å². The van der Waals surface area contributed by atoms with Gasteiger partial charge in [0.15, 0.2) is 11.5 Å². The van der Waals surface area contributed by atoms with Crippen molar-refractivity contribution in [3.8, 4) is 23.0 Å². The summed E-state index contributed by atoms with van der Waals surface area (Å²) in [6.07, 6.45) is 0. The van der Waals surface area contributed by atoms with Crippen LogP contribution in [0.4, 0.5) is 5.69 Å². The zero-order valence-electron chi connectivity index (χ0n) is 21.8. The first-order valence-corrected chi connectivity index (χ1v) is 11.7. The summed E-state index contributed by atoms with van der Waals surface area (Å²) in [6.45, 7) is -0.371. The molecule has 10 nitrogen and oxygen atoms in total. The van der Waals surface area contributed by atoms with Crippen molar-refractivity contribution in [3.05, 3.63) is 77.9 Å². The predicted octanol–water partition coefficient (Wildman–Crippen LogP) is 3.12. The van der Waals surface area contributed by atoms with Gasteiger partial charge in [-0.2, -0.15) is 0 Å². The quantitative estimate of drug-likeness (QED) is 0.376. The molecule has 0 saturated carbocycles. The summed E-state index contributed by atoms with van der Waals surface area (Å²) in [5, 5.41) is 5.27. The maximum atomic E-state index is 13.6. The molecule has 200 valence electrons. The fourth-order valence-corrected chi connectivity index (χ4v) is 3.68. The third kappa shape index (κ3) is 7.39. The fourth-order valence-electron chi connectivity index (χ4n) is 3.68. The second-order valence-corrected chi connectivity index (χ2v) is 8.11. The highest BCUT2D eigenvalue weighted by Gasteiger charge is 2.23. The van der Waals surface area contributed by atoms with E-state index < -0.39 is 17.7 Å². The number of anilines is 1. The van der Waals surface area contributed by atoms with Crippen LogP contribution in [0, 0.1) is 0 Å². The first-order chi connectivity index (χ1) is 18.4. The Morgan fingerprint density at radius 2 is 1.39 bits per heavy atom. The lowest BCUT2D eigenvalue weighted by atomic mass is 10.1. The Hall–Kier alpha value is -4.73. The molecule has 0 aromatic heterocycles. The number of hydrogen-bond donors (Lipinski definition) is 2. The SMILES string of the molecule is COc1ccc(NC(=O)CNC(=O)CN(Cc2ccccc2)C(=O)c2cc(OC)c(OC)c(OC)c2)cc1. The number of nitrogens with one attached hydrogen (secondary N) is 2. The molecule has 38 heavy (non-hydrogen) atoms. The number of ether oxygens (including phenoxy) is 4. The summed E-state index contributed by atoms with van der Waals surface area (Å²) in [5.74, 6) is 0.309. The second-order valence-electron chi connectivity index (χ2n) is 8.11. The molecule has 3 aromatic rings. The summed E-state index contributed by atoms with van der Waals surface area (Å²) in [7, 11) is 5.94. The van der Waals surface area contributed by atoms with Crippen LogP contribution in [0.15, 0.2) is 66.7 Å². The topological polar surface area (TPSA) is 115 Å². The van der Waals surface area contributed by atoms with Gasteiger partial charge in [0, 0.05) is 17.8 Å². The van der Waals surface area contributed by atoms with Gasteiger partial charge in [-0.15, -0.1) is 0 Å². The summed E-state index contributed by atoms with van der Waals surface area (Å²) < 4.78 is 21.2. The van der Waals surface area contributed by atoms with Gasteiger partial charge in [-0.05, 0) is 42.0 Å². The molecule has 3 rings (SSSR count). The van der Waals surface area contributed by atoms with Gasteiger partial charge in [0.25, 0.3) is 5.91 Å². The average molecular weight is 522 g/mol. The van der Waals surface area contributed by atoms with E-state index in [9.17, 15) is 14.4 Å². The van der Waals surface area contributed by atoms with Gasteiger partial charge in [-0.3, -0.25) is 14.4 Å². The number of nitrogens with zero attached hydrogens (tertiary/aromatic N) is 1. The standard InChI is InChI=1S/C28H31N3O7/c1-35-22-12-10-21(11-13-22)30-25(32)16-29-26(33)18-31(17-19-8-6-5-7-9-19)28(34)20-14-23(36-2)27(38-4)24(15-20)37-3/h5-15H,16-18H2,1-4H3,(H,29,33)(H,30,32). The lowest BCUT2D eigenvalue weighted by Crippen LogP contribution is -2.42. The Kier molecular flexibility index (Phi) is 9.93. The summed E-state index contributed by atoms with van der Waals surface area (Å²) >= 11 is 0. The predicted molar refractivity (Wildman–Crippen MR) is 142 cm³/mol.